The summed E-state index contributed by atoms with van der Waals surface area (Å²) < 4.78 is 0. The topological polar surface area (TPSA) is 101 Å². The molecule has 16 heavy (non-hydrogen) atoms. The van der Waals surface area contributed by atoms with E-state index in [1.807, 2.05) is 27.7 Å². The number of carbonyl (C=O) groups excluding carboxylic acids is 2. The van der Waals surface area contributed by atoms with Gasteiger partial charge in [-0.05, 0) is 19.8 Å². The average Bonchev–Trinajstić information content (AvgIpc) is 2.14. The summed E-state index contributed by atoms with van der Waals surface area (Å²) in [6, 6.07) is -0.408. The first kappa shape index (κ1) is 14.9. The van der Waals surface area contributed by atoms with Crippen molar-refractivity contribution >= 4 is 11.8 Å². The van der Waals surface area contributed by atoms with E-state index >= 15 is 0 Å². The lowest BCUT2D eigenvalue weighted by Crippen LogP contribution is -2.56. The van der Waals surface area contributed by atoms with Crippen LogP contribution in [0.3, 0.4) is 0 Å². The Morgan fingerprint density at radius 3 is 2.00 bits per heavy atom. The Balaban J connectivity index is 4.94. The van der Waals surface area contributed by atoms with Crippen molar-refractivity contribution in [3.63, 3.8) is 0 Å². The van der Waals surface area contributed by atoms with E-state index in [4.69, 9.17) is 11.6 Å². The molecular weight excluding hydrogens is 208 g/mol. The van der Waals surface area contributed by atoms with Crippen LogP contribution in [0, 0.1) is 5.92 Å². The first-order chi connectivity index (χ1) is 7.31. The largest absolute Gasteiger partial charge is 0.369 e. The number of rotatable bonds is 6. The van der Waals surface area contributed by atoms with E-state index in [1.165, 1.54) is 0 Å². The Bertz CT molecular complexity index is 253. The molecule has 0 heterocycles. The maximum absolute atomic E-state index is 11.7. The van der Waals surface area contributed by atoms with E-state index in [1.54, 1.807) is 4.90 Å². The lowest BCUT2D eigenvalue weighted by atomic mass is 10.00. The molecule has 1 atom stereocenters. The highest BCUT2D eigenvalue weighted by Crippen LogP contribution is 2.14. The van der Waals surface area contributed by atoms with Crippen molar-refractivity contribution in [2.24, 2.45) is 17.5 Å². The molecule has 0 aliphatic heterocycles. The van der Waals surface area contributed by atoms with Gasteiger partial charge in [0.1, 0.15) is 0 Å². The molecule has 0 bridgehead atoms. The summed E-state index contributed by atoms with van der Waals surface area (Å²) in [6.07, 6.45) is 0. The van der Waals surface area contributed by atoms with Crippen LogP contribution < -0.4 is 17.0 Å². The fourth-order valence-corrected chi connectivity index (χ4v) is 1.70. The lowest BCUT2D eigenvalue weighted by molar-refractivity contribution is -0.131. The zero-order valence-corrected chi connectivity index (χ0v) is 10.4. The van der Waals surface area contributed by atoms with Gasteiger partial charge in [-0.3, -0.25) is 19.9 Å². The van der Waals surface area contributed by atoms with Crippen LogP contribution in [0.1, 0.15) is 27.7 Å². The van der Waals surface area contributed by atoms with Gasteiger partial charge in [0.15, 0.2) is 0 Å². The first-order valence-electron chi connectivity index (χ1n) is 5.35. The second-order valence-corrected chi connectivity index (χ2v) is 4.43. The van der Waals surface area contributed by atoms with E-state index in [0.29, 0.717) is 0 Å². The van der Waals surface area contributed by atoms with Gasteiger partial charge in [-0.15, -0.1) is 0 Å². The summed E-state index contributed by atoms with van der Waals surface area (Å²) in [6.45, 7) is 7.66. The van der Waals surface area contributed by atoms with Crippen LogP contribution >= 0.6 is 0 Å². The molecule has 6 heteroatoms. The van der Waals surface area contributed by atoms with Gasteiger partial charge in [0.05, 0.1) is 12.6 Å². The number of hydrogen-bond acceptors (Lipinski definition) is 4. The molecule has 0 aliphatic rings. The molecule has 94 valence electrons. The third kappa shape index (κ3) is 4.16. The van der Waals surface area contributed by atoms with E-state index in [2.05, 4.69) is 5.43 Å². The quantitative estimate of drug-likeness (QED) is 0.316. The number of nitrogens with zero attached hydrogens (tertiary/aromatic N) is 1. The van der Waals surface area contributed by atoms with Gasteiger partial charge in [0, 0.05) is 6.04 Å². The Kier molecular flexibility index (Phi) is 5.98. The standard InChI is InChI=1S/C10H22N4O2/c1-6(2)9(10(16)13-12)14(7(3)4)5-8(11)15/h6-7,9H,5,12H2,1-4H3,(H2,11,15)(H,13,16). The second-order valence-electron chi connectivity index (χ2n) is 4.43. The predicted octanol–water partition coefficient (Wildman–Crippen LogP) is -0.803. The van der Waals surface area contributed by atoms with Crippen LogP contribution in [-0.2, 0) is 9.59 Å². The molecule has 6 nitrogen and oxygen atoms in total. The van der Waals surface area contributed by atoms with Crippen LogP contribution in [0.15, 0.2) is 0 Å². The van der Waals surface area contributed by atoms with Crippen molar-refractivity contribution in [1.82, 2.24) is 10.3 Å². The van der Waals surface area contributed by atoms with Crippen molar-refractivity contribution in [2.45, 2.75) is 39.8 Å². The number of primary amides is 1. The number of hydrogen-bond donors (Lipinski definition) is 3. The third-order valence-corrected chi connectivity index (χ3v) is 2.40. The maximum Gasteiger partial charge on any atom is 0.251 e. The molecule has 0 aliphatic carbocycles. The van der Waals surface area contributed by atoms with Gasteiger partial charge in [0.25, 0.3) is 5.91 Å². The second kappa shape index (κ2) is 6.44. The highest BCUT2D eigenvalue weighted by molar-refractivity contribution is 5.83. The van der Waals surface area contributed by atoms with Gasteiger partial charge in [0.2, 0.25) is 5.91 Å². The van der Waals surface area contributed by atoms with Gasteiger partial charge < -0.3 is 5.73 Å². The van der Waals surface area contributed by atoms with E-state index in [-0.39, 0.29) is 24.4 Å². The third-order valence-electron chi connectivity index (χ3n) is 2.40. The SMILES string of the molecule is CC(C)C(C(=O)NN)N(CC(N)=O)C(C)C. The van der Waals surface area contributed by atoms with Crippen molar-refractivity contribution in [3.05, 3.63) is 0 Å². The Hall–Kier alpha value is -1.14. The predicted molar refractivity (Wildman–Crippen MR) is 62.0 cm³/mol. The Morgan fingerprint density at radius 1 is 1.25 bits per heavy atom. The molecule has 0 fully saturated rings. The minimum atomic E-state index is -0.454. The highest BCUT2D eigenvalue weighted by Gasteiger charge is 2.31. The fraction of sp³-hybridized carbons (Fsp3) is 0.800. The van der Waals surface area contributed by atoms with Gasteiger partial charge in [-0.25, -0.2) is 5.84 Å². The fourth-order valence-electron chi connectivity index (χ4n) is 1.70. The van der Waals surface area contributed by atoms with E-state index in [0.717, 1.165) is 0 Å². The number of amides is 2. The van der Waals surface area contributed by atoms with Crippen molar-refractivity contribution in [1.29, 1.82) is 0 Å². The van der Waals surface area contributed by atoms with Crippen LogP contribution in [0.5, 0.6) is 0 Å². The summed E-state index contributed by atoms with van der Waals surface area (Å²) in [7, 11) is 0. The van der Waals surface area contributed by atoms with Gasteiger partial charge in [-0.2, -0.15) is 0 Å². The smallest absolute Gasteiger partial charge is 0.251 e. The van der Waals surface area contributed by atoms with Crippen molar-refractivity contribution < 1.29 is 9.59 Å². The molecule has 0 saturated heterocycles. The summed E-state index contributed by atoms with van der Waals surface area (Å²) in [5.41, 5.74) is 7.29. The molecule has 0 spiro atoms. The Labute approximate surface area is 96.3 Å². The number of hydrazine groups is 1. The minimum absolute atomic E-state index is 0.0391. The molecule has 5 N–H and O–H groups in total. The van der Waals surface area contributed by atoms with Crippen LogP contribution in [0.4, 0.5) is 0 Å². The summed E-state index contributed by atoms with van der Waals surface area (Å²) in [5, 5.41) is 0. The number of nitrogens with one attached hydrogen (secondary N) is 1. The van der Waals surface area contributed by atoms with Crippen molar-refractivity contribution in [2.75, 3.05) is 6.54 Å². The summed E-state index contributed by atoms with van der Waals surface area (Å²) in [4.78, 5) is 24.4. The molecule has 2 amide bonds. The average molecular weight is 230 g/mol. The normalized spacial score (nSPS) is 13.2. The van der Waals surface area contributed by atoms with Gasteiger partial charge >= 0.3 is 0 Å². The molecule has 0 aromatic heterocycles. The molecule has 0 rings (SSSR count). The number of carbonyl (C=O) groups is 2. The van der Waals surface area contributed by atoms with Gasteiger partial charge in [-0.1, -0.05) is 13.8 Å². The van der Waals surface area contributed by atoms with E-state index < -0.39 is 11.9 Å². The van der Waals surface area contributed by atoms with Crippen LogP contribution in [0.2, 0.25) is 0 Å². The molecule has 0 saturated carbocycles. The minimum Gasteiger partial charge on any atom is -0.369 e. The zero-order valence-electron chi connectivity index (χ0n) is 10.4. The Morgan fingerprint density at radius 2 is 1.75 bits per heavy atom. The molecule has 1 unspecified atom stereocenters. The molecule has 0 radical (unpaired) electrons. The molecule has 0 aromatic carbocycles. The highest BCUT2D eigenvalue weighted by atomic mass is 16.2. The first-order valence-corrected chi connectivity index (χ1v) is 5.35. The molecule has 0 aromatic rings. The van der Waals surface area contributed by atoms with Crippen molar-refractivity contribution in [3.8, 4) is 0 Å². The van der Waals surface area contributed by atoms with Crippen LogP contribution in [-0.4, -0.2) is 35.3 Å². The summed E-state index contributed by atoms with van der Waals surface area (Å²) >= 11 is 0. The lowest BCUT2D eigenvalue weighted by Gasteiger charge is -2.34. The maximum atomic E-state index is 11.7. The summed E-state index contributed by atoms with van der Waals surface area (Å²) in [5.74, 6) is 4.43. The van der Waals surface area contributed by atoms with E-state index in [9.17, 15) is 9.59 Å². The number of nitrogens with two attached hydrogens (primary N) is 2. The molecular formula is C10H22N4O2. The zero-order chi connectivity index (χ0) is 12.9. The monoisotopic (exact) mass is 230 g/mol. The van der Waals surface area contributed by atoms with Crippen LogP contribution in [0.25, 0.3) is 0 Å².